The van der Waals surface area contributed by atoms with Crippen LogP contribution in [0.3, 0.4) is 0 Å². The summed E-state index contributed by atoms with van der Waals surface area (Å²) >= 11 is 0. The number of aromatic nitrogens is 1. The third-order valence-corrected chi connectivity index (χ3v) is 3.67. The van der Waals surface area contributed by atoms with E-state index in [1.165, 1.54) is 22.1 Å². The molecule has 21 heavy (non-hydrogen) atoms. The lowest BCUT2D eigenvalue weighted by molar-refractivity contribution is 0.676. The molecule has 1 N–H and O–H groups in total. The highest BCUT2D eigenvalue weighted by Gasteiger charge is 2.05. The predicted octanol–water partition coefficient (Wildman–Crippen LogP) is 4.40. The van der Waals surface area contributed by atoms with E-state index in [1.807, 2.05) is 12.3 Å². The molecular weight excluding hydrogens is 256 g/mol. The van der Waals surface area contributed by atoms with Gasteiger partial charge in [0.05, 0.1) is 5.52 Å². The monoisotopic (exact) mass is 276 g/mol. The van der Waals surface area contributed by atoms with Gasteiger partial charge in [0, 0.05) is 18.1 Å². The topological polar surface area (TPSA) is 24.9 Å². The molecule has 0 spiro atoms. The summed E-state index contributed by atoms with van der Waals surface area (Å²) in [6.45, 7) is 4.15. The van der Waals surface area contributed by atoms with Crippen molar-refractivity contribution in [1.82, 2.24) is 10.3 Å². The fraction of sp³-hybridized carbons (Fsp3) is 0.211. The van der Waals surface area contributed by atoms with E-state index in [2.05, 4.69) is 65.8 Å². The maximum Gasteiger partial charge on any atom is 0.0702 e. The molecular formula is C19H20N2. The Kier molecular flexibility index (Phi) is 4.27. The smallest absolute Gasteiger partial charge is 0.0702 e. The second-order valence-corrected chi connectivity index (χ2v) is 5.24. The molecule has 3 rings (SSSR count). The fourth-order valence-electron chi connectivity index (χ4n) is 2.60. The van der Waals surface area contributed by atoms with Crippen LogP contribution in [0.4, 0.5) is 0 Å². The van der Waals surface area contributed by atoms with E-state index in [0.717, 1.165) is 25.0 Å². The molecule has 0 radical (unpaired) electrons. The first-order chi connectivity index (χ1) is 10.4. The molecule has 0 saturated heterocycles. The molecule has 0 amide bonds. The number of pyridine rings is 1. The van der Waals surface area contributed by atoms with Crippen LogP contribution in [0, 0.1) is 0 Å². The lowest BCUT2D eigenvalue weighted by atomic mass is 9.98. The molecule has 1 aromatic heterocycles. The average Bonchev–Trinajstić information content (AvgIpc) is 2.55. The molecule has 0 fully saturated rings. The first-order valence-corrected chi connectivity index (χ1v) is 7.52. The Morgan fingerprint density at radius 3 is 2.81 bits per heavy atom. The summed E-state index contributed by atoms with van der Waals surface area (Å²) < 4.78 is 0. The summed E-state index contributed by atoms with van der Waals surface area (Å²) in [5, 5.41) is 4.67. The number of benzene rings is 2. The van der Waals surface area contributed by atoms with Crippen molar-refractivity contribution in [3.05, 3.63) is 66.4 Å². The summed E-state index contributed by atoms with van der Waals surface area (Å²) in [4.78, 5) is 4.39. The highest BCUT2D eigenvalue weighted by atomic mass is 14.8. The van der Waals surface area contributed by atoms with Crippen LogP contribution in [0.5, 0.6) is 0 Å². The van der Waals surface area contributed by atoms with Gasteiger partial charge in [0.15, 0.2) is 0 Å². The molecule has 0 saturated carbocycles. The van der Waals surface area contributed by atoms with Gasteiger partial charge in [-0.1, -0.05) is 43.3 Å². The van der Waals surface area contributed by atoms with Crippen LogP contribution in [-0.2, 0) is 6.54 Å². The molecule has 2 aromatic carbocycles. The third-order valence-electron chi connectivity index (χ3n) is 3.67. The van der Waals surface area contributed by atoms with Gasteiger partial charge in [-0.3, -0.25) is 4.98 Å². The molecule has 2 nitrogen and oxygen atoms in total. The van der Waals surface area contributed by atoms with Crippen molar-refractivity contribution in [2.75, 3.05) is 6.54 Å². The van der Waals surface area contributed by atoms with E-state index < -0.39 is 0 Å². The van der Waals surface area contributed by atoms with Gasteiger partial charge in [0.2, 0.25) is 0 Å². The molecule has 0 bridgehead atoms. The summed E-state index contributed by atoms with van der Waals surface area (Å²) in [5.74, 6) is 0. The van der Waals surface area contributed by atoms with Crippen molar-refractivity contribution < 1.29 is 0 Å². The zero-order valence-corrected chi connectivity index (χ0v) is 12.3. The number of hydrogen-bond acceptors (Lipinski definition) is 2. The minimum Gasteiger partial charge on any atom is -0.313 e. The normalized spacial score (nSPS) is 10.9. The van der Waals surface area contributed by atoms with Crippen molar-refractivity contribution >= 4 is 10.9 Å². The van der Waals surface area contributed by atoms with Crippen LogP contribution in [0.2, 0.25) is 0 Å². The Morgan fingerprint density at radius 2 is 1.90 bits per heavy atom. The molecule has 1 heterocycles. The van der Waals surface area contributed by atoms with Crippen LogP contribution in [-0.4, -0.2) is 11.5 Å². The van der Waals surface area contributed by atoms with E-state index in [-0.39, 0.29) is 0 Å². The summed E-state index contributed by atoms with van der Waals surface area (Å²) in [5.41, 5.74) is 4.94. The standard InChI is InChI=1S/C19H20N2/c1-2-11-20-14-17-6-3-4-8-18(17)15-9-10-19-16(13-15)7-5-12-21-19/h3-10,12-13,20H,2,11,14H2,1H3. The number of hydrogen-bond donors (Lipinski definition) is 1. The van der Waals surface area contributed by atoms with Crippen LogP contribution in [0.15, 0.2) is 60.8 Å². The zero-order valence-electron chi connectivity index (χ0n) is 12.3. The molecule has 3 aromatic rings. The molecule has 0 aliphatic rings. The molecule has 2 heteroatoms. The van der Waals surface area contributed by atoms with Gasteiger partial charge >= 0.3 is 0 Å². The van der Waals surface area contributed by atoms with E-state index >= 15 is 0 Å². The van der Waals surface area contributed by atoms with Gasteiger partial charge in [-0.15, -0.1) is 0 Å². The highest BCUT2D eigenvalue weighted by molar-refractivity contribution is 5.84. The van der Waals surface area contributed by atoms with Crippen LogP contribution >= 0.6 is 0 Å². The fourth-order valence-corrected chi connectivity index (χ4v) is 2.60. The summed E-state index contributed by atoms with van der Waals surface area (Å²) in [7, 11) is 0. The van der Waals surface area contributed by atoms with Crippen molar-refractivity contribution in [3.8, 4) is 11.1 Å². The van der Waals surface area contributed by atoms with Crippen LogP contribution in [0.25, 0.3) is 22.0 Å². The average molecular weight is 276 g/mol. The van der Waals surface area contributed by atoms with Gasteiger partial charge in [-0.2, -0.15) is 0 Å². The predicted molar refractivity (Wildman–Crippen MR) is 89.2 cm³/mol. The van der Waals surface area contributed by atoms with E-state index in [4.69, 9.17) is 0 Å². The van der Waals surface area contributed by atoms with E-state index in [1.54, 1.807) is 0 Å². The van der Waals surface area contributed by atoms with Gasteiger partial charge in [-0.05, 0) is 47.9 Å². The Labute approximate surface area is 125 Å². The van der Waals surface area contributed by atoms with Crippen LogP contribution < -0.4 is 5.32 Å². The van der Waals surface area contributed by atoms with Gasteiger partial charge in [-0.25, -0.2) is 0 Å². The Morgan fingerprint density at radius 1 is 1.00 bits per heavy atom. The SMILES string of the molecule is CCCNCc1ccccc1-c1ccc2ncccc2c1. The Bertz CT molecular complexity index is 734. The first-order valence-electron chi connectivity index (χ1n) is 7.52. The Hall–Kier alpha value is -2.19. The van der Waals surface area contributed by atoms with Gasteiger partial charge < -0.3 is 5.32 Å². The van der Waals surface area contributed by atoms with E-state index in [0.29, 0.717) is 0 Å². The first kappa shape index (κ1) is 13.8. The van der Waals surface area contributed by atoms with Crippen molar-refractivity contribution in [2.24, 2.45) is 0 Å². The van der Waals surface area contributed by atoms with Crippen molar-refractivity contribution in [2.45, 2.75) is 19.9 Å². The van der Waals surface area contributed by atoms with E-state index in [9.17, 15) is 0 Å². The summed E-state index contributed by atoms with van der Waals surface area (Å²) in [6, 6.07) is 19.2. The second kappa shape index (κ2) is 6.51. The molecule has 0 unspecified atom stereocenters. The van der Waals surface area contributed by atoms with Crippen molar-refractivity contribution in [1.29, 1.82) is 0 Å². The third kappa shape index (κ3) is 3.11. The maximum atomic E-state index is 4.39. The number of nitrogens with zero attached hydrogens (tertiary/aromatic N) is 1. The molecule has 0 aliphatic carbocycles. The highest BCUT2D eigenvalue weighted by Crippen LogP contribution is 2.26. The molecule has 106 valence electrons. The zero-order chi connectivity index (χ0) is 14.5. The number of rotatable bonds is 5. The molecule has 0 aliphatic heterocycles. The number of nitrogens with one attached hydrogen (secondary N) is 1. The number of fused-ring (bicyclic) bond motifs is 1. The lowest BCUT2D eigenvalue weighted by Gasteiger charge is -2.11. The summed E-state index contributed by atoms with van der Waals surface area (Å²) in [6.07, 6.45) is 2.99. The second-order valence-electron chi connectivity index (χ2n) is 5.24. The van der Waals surface area contributed by atoms with Crippen molar-refractivity contribution in [3.63, 3.8) is 0 Å². The van der Waals surface area contributed by atoms with Gasteiger partial charge in [0.1, 0.15) is 0 Å². The minimum atomic E-state index is 0.912. The molecule has 0 atom stereocenters. The van der Waals surface area contributed by atoms with Gasteiger partial charge in [0.25, 0.3) is 0 Å². The minimum absolute atomic E-state index is 0.912. The Balaban J connectivity index is 1.97. The quantitative estimate of drug-likeness (QED) is 0.699. The largest absolute Gasteiger partial charge is 0.313 e. The van der Waals surface area contributed by atoms with Crippen LogP contribution in [0.1, 0.15) is 18.9 Å². The lowest BCUT2D eigenvalue weighted by Crippen LogP contribution is -2.14. The maximum absolute atomic E-state index is 4.39.